The van der Waals surface area contributed by atoms with E-state index in [1.165, 1.54) is 4.90 Å². The molecule has 1 amide bonds. The van der Waals surface area contributed by atoms with E-state index in [0.717, 1.165) is 0 Å². The van der Waals surface area contributed by atoms with Gasteiger partial charge in [0.15, 0.2) is 6.61 Å². The van der Waals surface area contributed by atoms with Crippen LogP contribution in [0.4, 0.5) is 0 Å². The SMILES string of the molecule is CCC1(C(=O)O)CCCN1C(=O)COc1ccccc1Cl. The third kappa shape index (κ3) is 2.97. The first-order valence-corrected chi connectivity index (χ1v) is 7.30. The second-order valence-electron chi connectivity index (χ2n) is 5.06. The van der Waals surface area contributed by atoms with Gasteiger partial charge in [0.25, 0.3) is 5.91 Å². The number of amides is 1. The van der Waals surface area contributed by atoms with Gasteiger partial charge in [-0.15, -0.1) is 0 Å². The Morgan fingerprint density at radius 2 is 2.14 bits per heavy atom. The number of nitrogens with zero attached hydrogens (tertiary/aromatic N) is 1. The van der Waals surface area contributed by atoms with E-state index < -0.39 is 11.5 Å². The van der Waals surface area contributed by atoms with Gasteiger partial charge >= 0.3 is 5.97 Å². The van der Waals surface area contributed by atoms with Crippen LogP contribution in [0.25, 0.3) is 0 Å². The number of halogens is 1. The van der Waals surface area contributed by atoms with Crippen molar-refractivity contribution in [1.82, 2.24) is 4.90 Å². The average molecular weight is 312 g/mol. The Labute approximate surface area is 128 Å². The van der Waals surface area contributed by atoms with Gasteiger partial charge in [0, 0.05) is 6.54 Å². The molecule has 0 bridgehead atoms. The van der Waals surface area contributed by atoms with Crippen LogP contribution in [0.5, 0.6) is 5.75 Å². The highest BCUT2D eigenvalue weighted by Crippen LogP contribution is 2.33. The summed E-state index contributed by atoms with van der Waals surface area (Å²) in [7, 11) is 0. The molecule has 5 nitrogen and oxygen atoms in total. The Morgan fingerprint density at radius 3 is 2.76 bits per heavy atom. The molecule has 1 fully saturated rings. The maximum atomic E-state index is 12.3. The Morgan fingerprint density at radius 1 is 1.43 bits per heavy atom. The number of para-hydroxylation sites is 1. The number of carbonyl (C=O) groups excluding carboxylic acids is 1. The summed E-state index contributed by atoms with van der Waals surface area (Å²) in [4.78, 5) is 25.3. The Balaban J connectivity index is 2.06. The normalized spacial score (nSPS) is 21.3. The highest BCUT2D eigenvalue weighted by Gasteiger charge is 2.48. The highest BCUT2D eigenvalue weighted by atomic mass is 35.5. The number of carbonyl (C=O) groups is 2. The van der Waals surface area contributed by atoms with Crippen LogP contribution in [-0.2, 0) is 9.59 Å². The number of hydrogen-bond acceptors (Lipinski definition) is 3. The molecule has 1 aromatic carbocycles. The minimum absolute atomic E-state index is 0.210. The van der Waals surface area contributed by atoms with Gasteiger partial charge in [-0.2, -0.15) is 0 Å². The van der Waals surface area contributed by atoms with E-state index in [1.54, 1.807) is 31.2 Å². The predicted molar refractivity (Wildman–Crippen MR) is 78.6 cm³/mol. The fourth-order valence-electron chi connectivity index (χ4n) is 2.76. The molecule has 2 rings (SSSR count). The van der Waals surface area contributed by atoms with Crippen molar-refractivity contribution < 1.29 is 19.4 Å². The van der Waals surface area contributed by atoms with Gasteiger partial charge in [-0.25, -0.2) is 4.79 Å². The second kappa shape index (κ2) is 6.35. The molecule has 1 unspecified atom stereocenters. The molecular weight excluding hydrogens is 294 g/mol. The van der Waals surface area contributed by atoms with E-state index in [-0.39, 0.29) is 12.5 Å². The van der Waals surface area contributed by atoms with Crippen LogP contribution in [0, 0.1) is 0 Å². The quantitative estimate of drug-likeness (QED) is 0.907. The van der Waals surface area contributed by atoms with Crippen LogP contribution in [0.2, 0.25) is 5.02 Å². The molecule has 21 heavy (non-hydrogen) atoms. The average Bonchev–Trinajstić information content (AvgIpc) is 2.91. The number of carboxylic acid groups (broad SMARTS) is 1. The third-order valence-electron chi connectivity index (χ3n) is 3.96. The van der Waals surface area contributed by atoms with E-state index in [0.29, 0.717) is 36.6 Å². The predicted octanol–water partition coefficient (Wildman–Crippen LogP) is 2.57. The molecule has 1 atom stereocenters. The van der Waals surface area contributed by atoms with E-state index in [4.69, 9.17) is 16.3 Å². The number of aliphatic carboxylic acids is 1. The summed E-state index contributed by atoms with van der Waals surface area (Å²) >= 11 is 5.96. The van der Waals surface area contributed by atoms with E-state index >= 15 is 0 Å². The fourth-order valence-corrected chi connectivity index (χ4v) is 2.95. The lowest BCUT2D eigenvalue weighted by molar-refractivity contribution is -0.157. The van der Waals surface area contributed by atoms with E-state index in [2.05, 4.69) is 0 Å². The van der Waals surface area contributed by atoms with E-state index in [1.807, 2.05) is 0 Å². The van der Waals surface area contributed by atoms with Crippen molar-refractivity contribution in [2.75, 3.05) is 13.2 Å². The number of carboxylic acids is 1. The number of rotatable bonds is 5. The van der Waals surface area contributed by atoms with Crippen LogP contribution in [0.15, 0.2) is 24.3 Å². The number of hydrogen-bond donors (Lipinski definition) is 1. The van der Waals surface area contributed by atoms with Gasteiger partial charge in [0.1, 0.15) is 11.3 Å². The van der Waals surface area contributed by atoms with Gasteiger partial charge in [-0.3, -0.25) is 4.79 Å². The first kappa shape index (κ1) is 15.6. The monoisotopic (exact) mass is 311 g/mol. The summed E-state index contributed by atoms with van der Waals surface area (Å²) in [5.41, 5.74) is -1.10. The number of benzene rings is 1. The van der Waals surface area contributed by atoms with Crippen molar-refractivity contribution in [1.29, 1.82) is 0 Å². The largest absolute Gasteiger partial charge is 0.482 e. The smallest absolute Gasteiger partial charge is 0.329 e. The van der Waals surface area contributed by atoms with Crippen molar-refractivity contribution in [3.05, 3.63) is 29.3 Å². The van der Waals surface area contributed by atoms with Gasteiger partial charge in [0.2, 0.25) is 0 Å². The third-order valence-corrected chi connectivity index (χ3v) is 4.27. The second-order valence-corrected chi connectivity index (χ2v) is 5.47. The molecule has 6 heteroatoms. The first-order valence-electron chi connectivity index (χ1n) is 6.92. The van der Waals surface area contributed by atoms with E-state index in [9.17, 15) is 14.7 Å². The summed E-state index contributed by atoms with van der Waals surface area (Å²) in [5, 5.41) is 9.88. The number of ether oxygens (including phenoxy) is 1. The molecule has 0 radical (unpaired) electrons. The topological polar surface area (TPSA) is 66.8 Å². The molecule has 1 aromatic rings. The summed E-state index contributed by atoms with van der Waals surface area (Å²) in [6, 6.07) is 6.87. The Hall–Kier alpha value is -1.75. The molecule has 1 aliphatic rings. The van der Waals surface area contributed by atoms with Crippen LogP contribution in [-0.4, -0.2) is 40.6 Å². The van der Waals surface area contributed by atoms with Crippen LogP contribution >= 0.6 is 11.6 Å². The molecule has 114 valence electrons. The van der Waals surface area contributed by atoms with Crippen molar-refractivity contribution in [2.24, 2.45) is 0 Å². The molecule has 1 aliphatic heterocycles. The van der Waals surface area contributed by atoms with Gasteiger partial charge < -0.3 is 14.7 Å². The molecule has 1 saturated heterocycles. The maximum absolute atomic E-state index is 12.3. The van der Waals surface area contributed by atoms with Crippen molar-refractivity contribution in [2.45, 2.75) is 31.7 Å². The molecule has 0 spiro atoms. The van der Waals surface area contributed by atoms with Crippen molar-refractivity contribution in [3.63, 3.8) is 0 Å². The standard InChI is InChI=1S/C15H18ClNO4/c1-2-15(14(19)20)8-5-9-17(15)13(18)10-21-12-7-4-3-6-11(12)16/h3-4,6-7H,2,5,8-10H2,1H3,(H,19,20). The lowest BCUT2D eigenvalue weighted by atomic mass is 9.93. The molecule has 1 N–H and O–H groups in total. The maximum Gasteiger partial charge on any atom is 0.329 e. The summed E-state index contributed by atoms with van der Waals surface area (Å²) in [5.74, 6) is -0.852. The Bertz CT molecular complexity index is 548. The summed E-state index contributed by atoms with van der Waals surface area (Å²) < 4.78 is 5.41. The van der Waals surface area contributed by atoms with Gasteiger partial charge in [-0.05, 0) is 31.4 Å². The molecule has 1 heterocycles. The first-order chi connectivity index (χ1) is 10.0. The Kier molecular flexibility index (Phi) is 4.73. The number of likely N-dealkylation sites (tertiary alicyclic amines) is 1. The lowest BCUT2D eigenvalue weighted by Crippen LogP contribution is -2.53. The van der Waals surface area contributed by atoms with Crippen LogP contribution < -0.4 is 4.74 Å². The summed E-state index contributed by atoms with van der Waals surface area (Å²) in [6.45, 7) is 2.03. The molecule has 0 aliphatic carbocycles. The highest BCUT2D eigenvalue weighted by molar-refractivity contribution is 6.32. The molecule has 0 aromatic heterocycles. The zero-order valence-corrected chi connectivity index (χ0v) is 12.6. The van der Waals surface area contributed by atoms with Gasteiger partial charge in [-0.1, -0.05) is 30.7 Å². The van der Waals surface area contributed by atoms with Gasteiger partial charge in [0.05, 0.1) is 5.02 Å². The minimum Gasteiger partial charge on any atom is -0.482 e. The van der Waals surface area contributed by atoms with Crippen LogP contribution in [0.3, 0.4) is 0 Å². The zero-order valence-electron chi connectivity index (χ0n) is 11.8. The zero-order chi connectivity index (χ0) is 15.5. The summed E-state index contributed by atoms with van der Waals surface area (Å²) in [6.07, 6.45) is 1.56. The van der Waals surface area contributed by atoms with Crippen molar-refractivity contribution in [3.8, 4) is 5.75 Å². The molecular formula is C15H18ClNO4. The minimum atomic E-state index is -1.10. The van der Waals surface area contributed by atoms with Crippen molar-refractivity contribution >= 4 is 23.5 Å². The van der Waals surface area contributed by atoms with Crippen LogP contribution in [0.1, 0.15) is 26.2 Å². The molecule has 0 saturated carbocycles. The lowest BCUT2D eigenvalue weighted by Gasteiger charge is -2.33. The fraction of sp³-hybridized carbons (Fsp3) is 0.467.